The molecule has 4 heteroatoms. The Morgan fingerprint density at radius 1 is 1.15 bits per heavy atom. The molecule has 3 nitrogen and oxygen atoms in total. The summed E-state index contributed by atoms with van der Waals surface area (Å²) in [4.78, 5) is 5.07. The van der Waals surface area contributed by atoms with Crippen LogP contribution in [0.15, 0.2) is 18.2 Å². The van der Waals surface area contributed by atoms with E-state index in [1.54, 1.807) is 12.1 Å². The van der Waals surface area contributed by atoms with Gasteiger partial charge in [-0.05, 0) is 44.5 Å². The van der Waals surface area contributed by atoms with Crippen molar-refractivity contribution in [2.24, 2.45) is 0 Å². The molecule has 1 atom stereocenters. The largest absolute Gasteiger partial charge is 0.508 e. The maximum atomic E-state index is 9.94. The summed E-state index contributed by atoms with van der Waals surface area (Å²) in [6.45, 7) is 5.48. The SMILES string of the molecule is Oc1cccc(Cl)c1CN1CCC(N2CCCCC2)C1. The van der Waals surface area contributed by atoms with Gasteiger partial charge >= 0.3 is 0 Å². The first-order valence-corrected chi connectivity index (χ1v) is 8.04. The van der Waals surface area contributed by atoms with Crippen molar-refractivity contribution >= 4 is 11.6 Å². The number of rotatable bonds is 3. The zero-order valence-electron chi connectivity index (χ0n) is 11.9. The molecule has 1 unspecified atom stereocenters. The highest BCUT2D eigenvalue weighted by Gasteiger charge is 2.28. The summed E-state index contributed by atoms with van der Waals surface area (Å²) >= 11 is 6.20. The van der Waals surface area contributed by atoms with Crippen molar-refractivity contribution in [3.05, 3.63) is 28.8 Å². The van der Waals surface area contributed by atoms with Gasteiger partial charge in [0, 0.05) is 36.3 Å². The first kappa shape index (κ1) is 14.2. The number of aromatic hydroxyl groups is 1. The van der Waals surface area contributed by atoms with Crippen molar-refractivity contribution < 1.29 is 5.11 Å². The van der Waals surface area contributed by atoms with Gasteiger partial charge in [0.15, 0.2) is 0 Å². The summed E-state index contributed by atoms with van der Waals surface area (Å²) in [5.74, 6) is 0.318. The molecule has 1 aromatic carbocycles. The summed E-state index contributed by atoms with van der Waals surface area (Å²) in [5, 5.41) is 10.6. The summed E-state index contributed by atoms with van der Waals surface area (Å²) < 4.78 is 0. The lowest BCUT2D eigenvalue weighted by Gasteiger charge is -2.32. The Balaban J connectivity index is 1.60. The van der Waals surface area contributed by atoms with Crippen LogP contribution in [0.25, 0.3) is 0 Å². The molecule has 2 fully saturated rings. The van der Waals surface area contributed by atoms with Gasteiger partial charge in [0.2, 0.25) is 0 Å². The molecule has 0 amide bonds. The molecular weight excluding hydrogens is 272 g/mol. The van der Waals surface area contributed by atoms with E-state index in [1.807, 2.05) is 6.07 Å². The van der Waals surface area contributed by atoms with Gasteiger partial charge in [-0.25, -0.2) is 0 Å². The van der Waals surface area contributed by atoms with E-state index in [2.05, 4.69) is 9.80 Å². The van der Waals surface area contributed by atoms with Gasteiger partial charge in [-0.3, -0.25) is 9.80 Å². The van der Waals surface area contributed by atoms with E-state index in [1.165, 1.54) is 38.8 Å². The Kier molecular flexibility index (Phi) is 4.49. The van der Waals surface area contributed by atoms with Gasteiger partial charge in [0.25, 0.3) is 0 Å². The summed E-state index contributed by atoms with van der Waals surface area (Å²) in [7, 11) is 0. The second-order valence-electron chi connectivity index (χ2n) is 6.01. The van der Waals surface area contributed by atoms with Gasteiger partial charge in [-0.2, -0.15) is 0 Å². The summed E-state index contributed by atoms with van der Waals surface area (Å²) in [6.07, 6.45) is 5.33. The van der Waals surface area contributed by atoms with Gasteiger partial charge in [-0.15, -0.1) is 0 Å². The second-order valence-corrected chi connectivity index (χ2v) is 6.42. The fourth-order valence-electron chi connectivity index (χ4n) is 3.46. The third kappa shape index (κ3) is 3.11. The quantitative estimate of drug-likeness (QED) is 0.928. The molecule has 2 heterocycles. The third-order valence-electron chi connectivity index (χ3n) is 4.63. The summed E-state index contributed by atoms with van der Waals surface area (Å²) in [6, 6.07) is 6.07. The van der Waals surface area contributed by atoms with E-state index in [9.17, 15) is 5.11 Å². The van der Waals surface area contributed by atoms with E-state index in [-0.39, 0.29) is 0 Å². The number of hydrogen-bond acceptors (Lipinski definition) is 3. The average molecular weight is 295 g/mol. The maximum Gasteiger partial charge on any atom is 0.121 e. The van der Waals surface area contributed by atoms with Crippen LogP contribution in [0.3, 0.4) is 0 Å². The monoisotopic (exact) mass is 294 g/mol. The van der Waals surface area contributed by atoms with Crippen LogP contribution in [0, 0.1) is 0 Å². The van der Waals surface area contributed by atoms with Crippen LogP contribution in [0.5, 0.6) is 5.75 Å². The van der Waals surface area contributed by atoms with Crippen LogP contribution in [0.4, 0.5) is 0 Å². The van der Waals surface area contributed by atoms with E-state index in [0.717, 1.165) is 25.2 Å². The van der Waals surface area contributed by atoms with E-state index >= 15 is 0 Å². The lowest BCUT2D eigenvalue weighted by atomic mass is 10.1. The Labute approximate surface area is 126 Å². The lowest BCUT2D eigenvalue weighted by molar-refractivity contribution is 0.161. The molecule has 2 aliphatic heterocycles. The van der Waals surface area contributed by atoms with E-state index < -0.39 is 0 Å². The Morgan fingerprint density at radius 3 is 2.70 bits per heavy atom. The molecule has 110 valence electrons. The molecule has 2 saturated heterocycles. The molecule has 20 heavy (non-hydrogen) atoms. The Bertz CT molecular complexity index is 440. The van der Waals surface area contributed by atoms with Gasteiger partial charge < -0.3 is 5.11 Å². The number of nitrogens with zero attached hydrogens (tertiary/aromatic N) is 2. The molecule has 0 radical (unpaired) electrons. The van der Waals surface area contributed by atoms with Crippen LogP contribution in [-0.2, 0) is 6.54 Å². The van der Waals surface area contributed by atoms with E-state index in [4.69, 9.17) is 11.6 Å². The van der Waals surface area contributed by atoms with Crippen molar-refractivity contribution in [1.82, 2.24) is 9.80 Å². The van der Waals surface area contributed by atoms with Crippen molar-refractivity contribution in [2.75, 3.05) is 26.2 Å². The van der Waals surface area contributed by atoms with Crippen molar-refractivity contribution in [1.29, 1.82) is 0 Å². The highest BCUT2D eigenvalue weighted by molar-refractivity contribution is 6.31. The van der Waals surface area contributed by atoms with Crippen LogP contribution in [0.2, 0.25) is 5.02 Å². The molecule has 0 spiro atoms. The van der Waals surface area contributed by atoms with Gasteiger partial charge in [0.1, 0.15) is 5.75 Å². The molecule has 3 rings (SSSR count). The van der Waals surface area contributed by atoms with Crippen LogP contribution in [-0.4, -0.2) is 47.1 Å². The average Bonchev–Trinajstić information content (AvgIpc) is 2.93. The standard InChI is InChI=1S/C16H23ClN2O/c17-15-5-4-6-16(20)14(15)12-18-10-7-13(11-18)19-8-2-1-3-9-19/h4-6,13,20H,1-3,7-12H2. The van der Waals surface area contributed by atoms with Crippen LogP contribution in [0.1, 0.15) is 31.2 Å². The predicted molar refractivity (Wildman–Crippen MR) is 82.2 cm³/mol. The normalized spacial score (nSPS) is 25.1. The van der Waals surface area contributed by atoms with E-state index in [0.29, 0.717) is 16.8 Å². The first-order valence-electron chi connectivity index (χ1n) is 7.67. The zero-order chi connectivity index (χ0) is 13.9. The summed E-state index contributed by atoms with van der Waals surface area (Å²) in [5.41, 5.74) is 0.869. The second kappa shape index (κ2) is 6.33. The van der Waals surface area contributed by atoms with Crippen molar-refractivity contribution in [3.8, 4) is 5.75 Å². The number of piperidine rings is 1. The molecule has 0 saturated carbocycles. The van der Waals surface area contributed by atoms with Gasteiger partial charge in [0.05, 0.1) is 0 Å². The fraction of sp³-hybridized carbons (Fsp3) is 0.625. The Morgan fingerprint density at radius 2 is 1.95 bits per heavy atom. The minimum Gasteiger partial charge on any atom is -0.508 e. The number of likely N-dealkylation sites (tertiary alicyclic amines) is 2. The number of benzene rings is 1. The predicted octanol–water partition coefficient (Wildman–Crippen LogP) is 3.11. The van der Waals surface area contributed by atoms with Crippen molar-refractivity contribution in [3.63, 3.8) is 0 Å². The zero-order valence-corrected chi connectivity index (χ0v) is 12.6. The third-order valence-corrected chi connectivity index (χ3v) is 4.98. The molecule has 1 aromatic rings. The van der Waals surface area contributed by atoms with Crippen LogP contribution >= 0.6 is 11.6 Å². The molecule has 0 aliphatic carbocycles. The molecule has 1 N–H and O–H groups in total. The van der Waals surface area contributed by atoms with Crippen LogP contribution < -0.4 is 0 Å². The molecule has 2 aliphatic rings. The minimum atomic E-state index is 0.318. The molecule has 0 bridgehead atoms. The lowest BCUT2D eigenvalue weighted by Crippen LogP contribution is -2.40. The number of halogens is 1. The molecular formula is C16H23ClN2O. The van der Waals surface area contributed by atoms with Crippen molar-refractivity contribution in [2.45, 2.75) is 38.3 Å². The topological polar surface area (TPSA) is 26.7 Å². The van der Waals surface area contributed by atoms with Gasteiger partial charge in [-0.1, -0.05) is 24.1 Å². The Hall–Kier alpha value is -0.770. The minimum absolute atomic E-state index is 0.318. The smallest absolute Gasteiger partial charge is 0.121 e. The number of phenols is 1. The molecule has 0 aromatic heterocycles. The number of phenolic OH excluding ortho intramolecular Hbond substituents is 1. The number of hydrogen-bond donors (Lipinski definition) is 1. The fourth-order valence-corrected chi connectivity index (χ4v) is 3.69. The highest BCUT2D eigenvalue weighted by Crippen LogP contribution is 2.29. The highest BCUT2D eigenvalue weighted by atomic mass is 35.5. The first-order chi connectivity index (χ1) is 9.74. The maximum absolute atomic E-state index is 9.94.